The van der Waals surface area contributed by atoms with Crippen LogP contribution in [-0.2, 0) is 4.79 Å². The fourth-order valence-corrected chi connectivity index (χ4v) is 3.45. The van der Waals surface area contributed by atoms with E-state index in [-0.39, 0.29) is 23.3 Å². The first-order valence-corrected chi connectivity index (χ1v) is 8.75. The molecule has 144 valence electrons. The summed E-state index contributed by atoms with van der Waals surface area (Å²) in [6.45, 7) is 6.80. The van der Waals surface area contributed by atoms with Gasteiger partial charge in [0.1, 0.15) is 5.76 Å². The average Bonchev–Trinajstić information content (AvgIpc) is 3.00. The first-order valence-electron chi connectivity index (χ1n) is 8.75. The third kappa shape index (κ3) is 3.70. The Morgan fingerprint density at radius 1 is 1.07 bits per heavy atom. The summed E-state index contributed by atoms with van der Waals surface area (Å²) < 4.78 is 31.5. The summed E-state index contributed by atoms with van der Waals surface area (Å²) in [5.41, 5.74) is 1.58. The second-order valence-electron chi connectivity index (χ2n) is 6.71. The van der Waals surface area contributed by atoms with Gasteiger partial charge in [0, 0.05) is 37.3 Å². The molecule has 0 bridgehead atoms. The molecule has 1 atom stereocenters. The first-order chi connectivity index (χ1) is 12.8. The monoisotopic (exact) mass is 377 g/mol. The number of piperazine rings is 1. The van der Waals surface area contributed by atoms with Crippen LogP contribution in [-0.4, -0.2) is 52.9 Å². The zero-order valence-electron chi connectivity index (χ0n) is 15.5. The number of rotatable bonds is 3. The van der Waals surface area contributed by atoms with E-state index in [9.17, 15) is 18.4 Å². The molecule has 8 heteroatoms. The van der Waals surface area contributed by atoms with Gasteiger partial charge in [-0.25, -0.2) is 8.78 Å². The molecule has 1 saturated heterocycles. The van der Waals surface area contributed by atoms with E-state index in [0.717, 1.165) is 17.7 Å². The summed E-state index contributed by atoms with van der Waals surface area (Å²) in [5, 5.41) is 3.89. The predicted octanol–water partition coefficient (Wildman–Crippen LogP) is 2.66. The van der Waals surface area contributed by atoms with Crippen LogP contribution in [0, 0.1) is 25.5 Å². The van der Waals surface area contributed by atoms with E-state index in [1.165, 1.54) is 11.0 Å². The van der Waals surface area contributed by atoms with Crippen molar-refractivity contribution in [2.45, 2.75) is 26.7 Å². The van der Waals surface area contributed by atoms with Crippen molar-refractivity contribution in [1.82, 2.24) is 15.0 Å². The largest absolute Gasteiger partial charge is 0.361 e. The molecule has 2 heterocycles. The number of halogens is 2. The Labute approximate surface area is 155 Å². The Balaban J connectivity index is 1.63. The Morgan fingerprint density at radius 2 is 1.70 bits per heavy atom. The normalized spacial score (nSPS) is 15.7. The number of amides is 2. The number of carbonyl (C=O) groups is 2. The van der Waals surface area contributed by atoms with Crippen molar-refractivity contribution in [2.24, 2.45) is 0 Å². The summed E-state index contributed by atoms with van der Waals surface area (Å²) in [6.07, 6.45) is 0. The molecule has 1 aliphatic heterocycles. The molecule has 0 spiro atoms. The maximum atomic E-state index is 13.4. The number of hydrogen-bond acceptors (Lipinski definition) is 4. The van der Waals surface area contributed by atoms with Crippen LogP contribution in [0.5, 0.6) is 0 Å². The zero-order chi connectivity index (χ0) is 19.7. The maximum absolute atomic E-state index is 13.4. The van der Waals surface area contributed by atoms with Gasteiger partial charge in [0.2, 0.25) is 5.91 Å². The molecule has 0 unspecified atom stereocenters. The summed E-state index contributed by atoms with van der Waals surface area (Å²) in [4.78, 5) is 28.5. The van der Waals surface area contributed by atoms with Gasteiger partial charge in [-0.15, -0.1) is 0 Å². The second kappa shape index (κ2) is 7.46. The summed E-state index contributed by atoms with van der Waals surface area (Å²) in [5.74, 6) is -2.23. The summed E-state index contributed by atoms with van der Waals surface area (Å²) in [7, 11) is 0. The fraction of sp³-hybridized carbons (Fsp3) is 0.421. The van der Waals surface area contributed by atoms with E-state index < -0.39 is 11.6 Å². The minimum atomic E-state index is -1.05. The molecule has 27 heavy (non-hydrogen) atoms. The molecule has 1 aromatic carbocycles. The molecule has 1 aromatic heterocycles. The molecule has 3 rings (SSSR count). The lowest BCUT2D eigenvalue weighted by Crippen LogP contribution is -2.51. The van der Waals surface area contributed by atoms with Crippen LogP contribution in [0.15, 0.2) is 22.7 Å². The molecule has 0 radical (unpaired) electrons. The SMILES string of the molecule is Cc1noc(C)c1[C@@H](C)C(=O)N1CCN(C(=O)c2ccc(F)c(F)c2)CC1. The van der Waals surface area contributed by atoms with Crippen LogP contribution >= 0.6 is 0 Å². The molecule has 0 aliphatic carbocycles. The van der Waals surface area contributed by atoms with Gasteiger partial charge in [0.15, 0.2) is 11.6 Å². The quantitative estimate of drug-likeness (QED) is 0.825. The standard InChI is InChI=1S/C19H21F2N3O3/c1-11(17-12(2)22-27-13(17)3)18(25)23-6-8-24(9-7-23)19(26)14-4-5-15(20)16(21)10-14/h4-5,10-11H,6-9H2,1-3H3/t11-/m1/s1. The Morgan fingerprint density at radius 3 is 2.26 bits per heavy atom. The molecule has 6 nitrogen and oxygen atoms in total. The Hall–Kier alpha value is -2.77. The van der Waals surface area contributed by atoms with Gasteiger partial charge < -0.3 is 14.3 Å². The lowest BCUT2D eigenvalue weighted by molar-refractivity contribution is -0.133. The number of hydrogen-bond donors (Lipinski definition) is 0. The van der Waals surface area contributed by atoms with Crippen molar-refractivity contribution in [3.8, 4) is 0 Å². The van der Waals surface area contributed by atoms with Gasteiger partial charge >= 0.3 is 0 Å². The first kappa shape index (κ1) is 19.0. The topological polar surface area (TPSA) is 66.7 Å². The van der Waals surface area contributed by atoms with Crippen molar-refractivity contribution < 1.29 is 22.9 Å². The van der Waals surface area contributed by atoms with Gasteiger partial charge in [-0.2, -0.15) is 0 Å². The van der Waals surface area contributed by atoms with Crippen LogP contribution < -0.4 is 0 Å². The number of aromatic nitrogens is 1. The highest BCUT2D eigenvalue weighted by molar-refractivity contribution is 5.94. The minimum absolute atomic E-state index is 0.0516. The highest BCUT2D eigenvalue weighted by atomic mass is 19.2. The van der Waals surface area contributed by atoms with Crippen molar-refractivity contribution in [3.63, 3.8) is 0 Å². The maximum Gasteiger partial charge on any atom is 0.254 e. The third-order valence-electron chi connectivity index (χ3n) is 4.94. The van der Waals surface area contributed by atoms with Gasteiger partial charge in [0.05, 0.1) is 11.6 Å². The van der Waals surface area contributed by atoms with Crippen LogP contribution in [0.1, 0.15) is 40.2 Å². The molecule has 2 aromatic rings. The highest BCUT2D eigenvalue weighted by Crippen LogP contribution is 2.25. The van der Waals surface area contributed by atoms with Crippen molar-refractivity contribution in [2.75, 3.05) is 26.2 Å². The number of carbonyl (C=O) groups excluding carboxylic acids is 2. The van der Waals surface area contributed by atoms with Gasteiger partial charge in [-0.3, -0.25) is 9.59 Å². The van der Waals surface area contributed by atoms with Crippen LogP contribution in [0.2, 0.25) is 0 Å². The summed E-state index contributed by atoms with van der Waals surface area (Å²) >= 11 is 0. The molecule has 0 saturated carbocycles. The lowest BCUT2D eigenvalue weighted by atomic mass is 9.97. The highest BCUT2D eigenvalue weighted by Gasteiger charge is 2.30. The van der Waals surface area contributed by atoms with E-state index in [4.69, 9.17) is 4.52 Å². The fourth-order valence-electron chi connectivity index (χ4n) is 3.45. The van der Waals surface area contributed by atoms with Crippen molar-refractivity contribution in [1.29, 1.82) is 0 Å². The van der Waals surface area contributed by atoms with E-state index in [0.29, 0.717) is 37.6 Å². The van der Waals surface area contributed by atoms with E-state index in [2.05, 4.69) is 5.16 Å². The summed E-state index contributed by atoms with van der Waals surface area (Å²) in [6, 6.07) is 3.10. The van der Waals surface area contributed by atoms with Gasteiger partial charge in [-0.05, 0) is 39.0 Å². The van der Waals surface area contributed by atoms with E-state index in [1.54, 1.807) is 18.7 Å². The lowest BCUT2D eigenvalue weighted by Gasteiger charge is -2.36. The van der Waals surface area contributed by atoms with Crippen LogP contribution in [0.25, 0.3) is 0 Å². The third-order valence-corrected chi connectivity index (χ3v) is 4.94. The van der Waals surface area contributed by atoms with Gasteiger partial charge in [0.25, 0.3) is 5.91 Å². The second-order valence-corrected chi connectivity index (χ2v) is 6.71. The molecule has 1 aliphatic rings. The van der Waals surface area contributed by atoms with E-state index in [1.807, 2.05) is 6.92 Å². The number of aryl methyl sites for hydroxylation is 2. The number of benzene rings is 1. The molecular weight excluding hydrogens is 356 g/mol. The predicted molar refractivity (Wildman–Crippen MR) is 93.2 cm³/mol. The molecular formula is C19H21F2N3O3. The van der Waals surface area contributed by atoms with Crippen LogP contribution in [0.3, 0.4) is 0 Å². The molecule has 2 amide bonds. The minimum Gasteiger partial charge on any atom is -0.361 e. The van der Waals surface area contributed by atoms with Crippen molar-refractivity contribution in [3.05, 3.63) is 52.4 Å². The van der Waals surface area contributed by atoms with Gasteiger partial charge in [-0.1, -0.05) is 5.16 Å². The number of nitrogens with zero attached hydrogens (tertiary/aromatic N) is 3. The average molecular weight is 377 g/mol. The van der Waals surface area contributed by atoms with Crippen molar-refractivity contribution >= 4 is 11.8 Å². The molecule has 1 fully saturated rings. The smallest absolute Gasteiger partial charge is 0.254 e. The van der Waals surface area contributed by atoms with Crippen LogP contribution in [0.4, 0.5) is 8.78 Å². The Kier molecular flexibility index (Phi) is 5.25. The van der Waals surface area contributed by atoms with E-state index >= 15 is 0 Å². The zero-order valence-corrected chi connectivity index (χ0v) is 15.5. The Bertz CT molecular complexity index is 854. The molecule has 0 N–H and O–H groups in total.